The van der Waals surface area contributed by atoms with Gasteiger partial charge < -0.3 is 10.0 Å². The maximum absolute atomic E-state index is 12.3. The predicted octanol–water partition coefficient (Wildman–Crippen LogP) is 2.81. The van der Waals surface area contributed by atoms with E-state index in [2.05, 4.69) is 15.9 Å². The first-order valence-corrected chi connectivity index (χ1v) is 7.42. The molecular weight excluding hydrogens is 302 g/mol. The summed E-state index contributed by atoms with van der Waals surface area (Å²) in [6.45, 7) is 2.46. The van der Waals surface area contributed by atoms with Crippen molar-refractivity contribution in [3.05, 3.63) is 20.3 Å². The highest BCUT2D eigenvalue weighted by molar-refractivity contribution is 9.11. The molecule has 1 aliphatic carbocycles. The van der Waals surface area contributed by atoms with Crippen LogP contribution < -0.4 is 0 Å². The number of carbonyl (C=O) groups is 1. The summed E-state index contributed by atoms with van der Waals surface area (Å²) < 4.78 is 1.01. The molecule has 0 radical (unpaired) electrons. The molecule has 0 atom stereocenters. The van der Waals surface area contributed by atoms with E-state index in [4.69, 9.17) is 5.11 Å². The molecule has 1 aromatic heterocycles. The number of aliphatic hydroxyl groups is 1. The molecule has 2 rings (SSSR count). The molecule has 94 valence electrons. The molecule has 0 aliphatic heterocycles. The third kappa shape index (κ3) is 2.72. The Morgan fingerprint density at radius 1 is 1.65 bits per heavy atom. The third-order valence-electron chi connectivity index (χ3n) is 3.19. The number of amides is 1. The molecule has 0 bridgehead atoms. The minimum absolute atomic E-state index is 0.0355. The van der Waals surface area contributed by atoms with Crippen molar-refractivity contribution < 1.29 is 9.90 Å². The average Bonchev–Trinajstić information content (AvgIpc) is 2.55. The summed E-state index contributed by atoms with van der Waals surface area (Å²) >= 11 is 4.91. The molecule has 5 heteroatoms. The van der Waals surface area contributed by atoms with Gasteiger partial charge in [-0.2, -0.15) is 0 Å². The molecule has 1 saturated carbocycles. The second kappa shape index (κ2) is 5.50. The van der Waals surface area contributed by atoms with Crippen LogP contribution in [0.1, 0.15) is 34.5 Å². The van der Waals surface area contributed by atoms with Crippen LogP contribution in [0.2, 0.25) is 0 Å². The van der Waals surface area contributed by atoms with Crippen LogP contribution in [-0.2, 0) is 0 Å². The number of hydrogen-bond acceptors (Lipinski definition) is 3. The summed E-state index contributed by atoms with van der Waals surface area (Å²) in [6.07, 6.45) is 3.32. The Hall–Kier alpha value is -0.390. The van der Waals surface area contributed by atoms with E-state index in [1.54, 1.807) is 0 Å². The van der Waals surface area contributed by atoms with E-state index >= 15 is 0 Å². The molecule has 3 nitrogen and oxygen atoms in total. The van der Waals surface area contributed by atoms with Crippen LogP contribution in [0.4, 0.5) is 0 Å². The molecule has 0 aromatic carbocycles. The molecule has 1 heterocycles. The van der Waals surface area contributed by atoms with Gasteiger partial charge in [0.1, 0.15) is 0 Å². The molecule has 1 fully saturated rings. The number of thiophene rings is 1. The monoisotopic (exact) mass is 317 g/mol. The van der Waals surface area contributed by atoms with Crippen LogP contribution in [0.5, 0.6) is 0 Å². The van der Waals surface area contributed by atoms with Gasteiger partial charge in [-0.15, -0.1) is 11.3 Å². The second-order valence-electron chi connectivity index (χ2n) is 4.37. The van der Waals surface area contributed by atoms with Crippen molar-refractivity contribution in [1.29, 1.82) is 0 Å². The lowest BCUT2D eigenvalue weighted by molar-refractivity contribution is 0.0530. The van der Waals surface area contributed by atoms with Gasteiger partial charge in [0.2, 0.25) is 0 Å². The summed E-state index contributed by atoms with van der Waals surface area (Å²) in [7, 11) is 0. The van der Waals surface area contributed by atoms with E-state index < -0.39 is 0 Å². The fourth-order valence-corrected chi connectivity index (χ4v) is 3.45. The van der Waals surface area contributed by atoms with Crippen LogP contribution >= 0.6 is 27.3 Å². The van der Waals surface area contributed by atoms with Gasteiger partial charge in [-0.25, -0.2) is 0 Å². The van der Waals surface area contributed by atoms with Gasteiger partial charge in [0.15, 0.2) is 0 Å². The van der Waals surface area contributed by atoms with Gasteiger partial charge in [0.05, 0.1) is 15.3 Å². The summed E-state index contributed by atoms with van der Waals surface area (Å²) in [6, 6.07) is 2.25. The number of carbonyl (C=O) groups excluding carboxylic acids is 1. The second-order valence-corrected chi connectivity index (χ2v) is 6.74. The third-order valence-corrected chi connectivity index (χ3v) is 5.31. The summed E-state index contributed by atoms with van der Waals surface area (Å²) in [5.41, 5.74) is 1.09. The topological polar surface area (TPSA) is 40.5 Å². The summed E-state index contributed by atoms with van der Waals surface area (Å²) in [5.74, 6) is 0.0579. The van der Waals surface area contributed by atoms with Gasteiger partial charge in [0, 0.05) is 12.6 Å². The Balaban J connectivity index is 2.14. The van der Waals surface area contributed by atoms with E-state index in [-0.39, 0.29) is 12.5 Å². The Bertz CT molecular complexity index is 395. The lowest BCUT2D eigenvalue weighted by Crippen LogP contribution is -2.45. The van der Waals surface area contributed by atoms with Crippen molar-refractivity contribution in [3.63, 3.8) is 0 Å². The van der Waals surface area contributed by atoms with Crippen LogP contribution in [0.25, 0.3) is 0 Å². The zero-order valence-corrected chi connectivity index (χ0v) is 12.2. The Morgan fingerprint density at radius 3 is 2.76 bits per heavy atom. The van der Waals surface area contributed by atoms with Gasteiger partial charge >= 0.3 is 0 Å². The normalized spacial score (nSPS) is 15.7. The van der Waals surface area contributed by atoms with E-state index in [9.17, 15) is 4.79 Å². The molecule has 1 amide bonds. The molecule has 1 aromatic rings. The SMILES string of the molecule is Cc1cc(C(=O)N(CCO)C2CCC2)sc1Br. The predicted molar refractivity (Wildman–Crippen MR) is 72.5 cm³/mol. The largest absolute Gasteiger partial charge is 0.395 e. The van der Waals surface area contributed by atoms with E-state index in [0.29, 0.717) is 12.6 Å². The zero-order valence-electron chi connectivity index (χ0n) is 9.78. The lowest BCUT2D eigenvalue weighted by atomic mass is 9.91. The first-order valence-electron chi connectivity index (χ1n) is 5.81. The first-order chi connectivity index (χ1) is 8.13. The molecule has 0 saturated heterocycles. The summed E-state index contributed by atoms with van der Waals surface area (Å²) in [4.78, 5) is 14.9. The van der Waals surface area contributed by atoms with Crippen molar-refractivity contribution in [2.24, 2.45) is 0 Å². The van der Waals surface area contributed by atoms with Crippen molar-refractivity contribution in [2.45, 2.75) is 32.2 Å². The fourth-order valence-electron chi connectivity index (χ4n) is 1.96. The number of hydrogen-bond donors (Lipinski definition) is 1. The maximum Gasteiger partial charge on any atom is 0.264 e. The van der Waals surface area contributed by atoms with Crippen LogP contribution in [-0.4, -0.2) is 35.1 Å². The minimum Gasteiger partial charge on any atom is -0.395 e. The molecule has 1 N–H and O–H groups in total. The van der Waals surface area contributed by atoms with Gasteiger partial charge in [-0.1, -0.05) is 0 Å². The Kier molecular flexibility index (Phi) is 4.22. The number of aryl methyl sites for hydroxylation is 1. The van der Waals surface area contributed by atoms with Crippen LogP contribution in [0.15, 0.2) is 9.85 Å². The molecule has 17 heavy (non-hydrogen) atoms. The smallest absolute Gasteiger partial charge is 0.264 e. The van der Waals surface area contributed by atoms with Gasteiger partial charge in [-0.05, 0) is 53.7 Å². The average molecular weight is 318 g/mol. The van der Waals surface area contributed by atoms with E-state index in [1.807, 2.05) is 17.9 Å². The highest BCUT2D eigenvalue weighted by Gasteiger charge is 2.29. The van der Waals surface area contributed by atoms with Crippen LogP contribution in [0.3, 0.4) is 0 Å². The fraction of sp³-hybridized carbons (Fsp3) is 0.583. The number of nitrogens with zero attached hydrogens (tertiary/aromatic N) is 1. The van der Waals surface area contributed by atoms with Gasteiger partial charge in [0.25, 0.3) is 5.91 Å². The number of halogens is 1. The van der Waals surface area contributed by atoms with Crippen molar-refractivity contribution in [2.75, 3.05) is 13.2 Å². The quantitative estimate of drug-likeness (QED) is 0.927. The Morgan fingerprint density at radius 2 is 2.35 bits per heavy atom. The molecular formula is C12H16BrNO2S. The molecule has 1 aliphatic rings. The number of aliphatic hydroxyl groups excluding tert-OH is 1. The van der Waals surface area contributed by atoms with Gasteiger partial charge in [-0.3, -0.25) is 4.79 Å². The summed E-state index contributed by atoms with van der Waals surface area (Å²) in [5, 5.41) is 9.06. The van der Waals surface area contributed by atoms with Crippen molar-refractivity contribution in [1.82, 2.24) is 4.90 Å². The van der Waals surface area contributed by atoms with Crippen LogP contribution in [0, 0.1) is 6.92 Å². The standard InChI is InChI=1S/C12H16BrNO2S/c1-8-7-10(17-11(8)13)12(16)14(5-6-15)9-3-2-4-9/h7,9,15H,2-6H2,1H3. The highest BCUT2D eigenvalue weighted by Crippen LogP contribution is 2.31. The highest BCUT2D eigenvalue weighted by atomic mass is 79.9. The van der Waals surface area contributed by atoms with Crippen molar-refractivity contribution >= 4 is 33.2 Å². The molecule has 0 unspecified atom stereocenters. The molecule has 0 spiro atoms. The minimum atomic E-state index is 0.0355. The maximum atomic E-state index is 12.3. The zero-order chi connectivity index (χ0) is 12.4. The Labute approximate surface area is 114 Å². The number of rotatable bonds is 4. The van der Waals surface area contributed by atoms with E-state index in [0.717, 1.165) is 27.1 Å². The lowest BCUT2D eigenvalue weighted by Gasteiger charge is -2.37. The van der Waals surface area contributed by atoms with E-state index in [1.165, 1.54) is 17.8 Å². The first kappa shape index (κ1) is 13.1. The van der Waals surface area contributed by atoms with Crippen molar-refractivity contribution in [3.8, 4) is 0 Å².